The van der Waals surface area contributed by atoms with Gasteiger partial charge in [-0.15, -0.1) is 10.2 Å². The van der Waals surface area contributed by atoms with Crippen molar-refractivity contribution in [2.24, 2.45) is 0 Å². The molecule has 4 aromatic rings. The van der Waals surface area contributed by atoms with Gasteiger partial charge in [-0.05, 0) is 24.3 Å². The lowest BCUT2D eigenvalue weighted by atomic mass is 10.2. The summed E-state index contributed by atoms with van der Waals surface area (Å²) in [4.78, 5) is 4.75. The van der Waals surface area contributed by atoms with Crippen LogP contribution < -0.4 is 5.32 Å². The molecule has 0 atom stereocenters. The van der Waals surface area contributed by atoms with Crippen molar-refractivity contribution in [1.29, 1.82) is 0 Å². The molecule has 0 saturated carbocycles. The predicted molar refractivity (Wildman–Crippen MR) is 87.4 cm³/mol. The molecule has 0 aliphatic carbocycles. The van der Waals surface area contributed by atoms with Gasteiger partial charge in [0.15, 0.2) is 5.65 Å². The van der Waals surface area contributed by atoms with Crippen LogP contribution >= 0.6 is 0 Å². The van der Waals surface area contributed by atoms with Gasteiger partial charge in [-0.25, -0.2) is 9.38 Å². The molecule has 5 heteroatoms. The molecule has 0 spiro atoms. The largest absolute Gasteiger partial charge is 0.325 e. The third-order valence-electron chi connectivity index (χ3n) is 3.66. The normalized spacial score (nSPS) is 11.1. The van der Waals surface area contributed by atoms with Crippen molar-refractivity contribution >= 4 is 28.2 Å². The molecular weight excluding hydrogens is 274 g/mol. The molecule has 0 radical (unpaired) electrons. The number of benzene rings is 2. The summed E-state index contributed by atoms with van der Waals surface area (Å²) in [5, 5.41) is 13.0. The van der Waals surface area contributed by atoms with Crippen LogP contribution in [0.4, 0.5) is 11.6 Å². The van der Waals surface area contributed by atoms with E-state index in [0.717, 1.165) is 40.4 Å². The van der Waals surface area contributed by atoms with Crippen LogP contribution in [0.5, 0.6) is 0 Å². The molecule has 0 aliphatic rings. The van der Waals surface area contributed by atoms with Crippen LogP contribution in [0.3, 0.4) is 0 Å². The summed E-state index contributed by atoms with van der Waals surface area (Å²) < 4.78 is 2.00. The molecule has 1 N–H and O–H groups in total. The Hall–Kier alpha value is -2.95. The van der Waals surface area contributed by atoms with Crippen molar-refractivity contribution in [3.63, 3.8) is 0 Å². The zero-order chi connectivity index (χ0) is 14.9. The molecule has 2 heterocycles. The van der Waals surface area contributed by atoms with Gasteiger partial charge < -0.3 is 5.32 Å². The Morgan fingerprint density at radius 1 is 0.955 bits per heavy atom. The first-order valence-corrected chi connectivity index (χ1v) is 7.31. The van der Waals surface area contributed by atoms with E-state index < -0.39 is 0 Å². The lowest BCUT2D eigenvalue weighted by Gasteiger charge is -2.10. The Bertz CT molecular complexity index is 943. The van der Waals surface area contributed by atoms with Crippen LogP contribution in [-0.2, 0) is 6.42 Å². The van der Waals surface area contributed by atoms with Gasteiger partial charge in [0, 0.05) is 17.5 Å². The first-order chi connectivity index (χ1) is 10.9. The average Bonchev–Trinajstić information content (AvgIpc) is 3.01. The minimum Gasteiger partial charge on any atom is -0.325 e. The summed E-state index contributed by atoms with van der Waals surface area (Å²) in [6.07, 6.45) is 0.796. The van der Waals surface area contributed by atoms with E-state index >= 15 is 0 Å². The van der Waals surface area contributed by atoms with E-state index in [1.165, 1.54) is 0 Å². The Kier molecular flexibility index (Phi) is 2.96. The maximum absolute atomic E-state index is 4.75. The van der Waals surface area contributed by atoms with Crippen molar-refractivity contribution in [1.82, 2.24) is 19.6 Å². The topological polar surface area (TPSA) is 55.1 Å². The van der Waals surface area contributed by atoms with Gasteiger partial charge >= 0.3 is 0 Å². The first-order valence-electron chi connectivity index (χ1n) is 7.31. The quantitative estimate of drug-likeness (QED) is 0.626. The van der Waals surface area contributed by atoms with Crippen LogP contribution in [0.25, 0.3) is 16.6 Å². The molecule has 0 amide bonds. The number of para-hydroxylation sites is 2. The van der Waals surface area contributed by atoms with Gasteiger partial charge in [0.2, 0.25) is 5.95 Å². The molecule has 0 bridgehead atoms. The summed E-state index contributed by atoms with van der Waals surface area (Å²) in [7, 11) is 0. The number of hydrogen-bond acceptors (Lipinski definition) is 4. The second-order valence-electron chi connectivity index (χ2n) is 5.07. The molecule has 22 heavy (non-hydrogen) atoms. The second-order valence-corrected chi connectivity index (χ2v) is 5.07. The number of rotatable bonds is 3. The van der Waals surface area contributed by atoms with Crippen molar-refractivity contribution in [2.75, 3.05) is 5.32 Å². The van der Waals surface area contributed by atoms with Crippen LogP contribution in [-0.4, -0.2) is 19.6 Å². The van der Waals surface area contributed by atoms with E-state index in [1.54, 1.807) is 0 Å². The number of fused-ring (bicyclic) bond motifs is 3. The highest BCUT2D eigenvalue weighted by atomic mass is 15.3. The second kappa shape index (κ2) is 5.11. The zero-order valence-electron chi connectivity index (χ0n) is 12.2. The minimum atomic E-state index is 0.738. The SMILES string of the molecule is CCc1nnc2c3ccccc3nc(Nc3ccccc3)n12. The zero-order valence-corrected chi connectivity index (χ0v) is 12.2. The Morgan fingerprint density at radius 2 is 1.73 bits per heavy atom. The molecule has 2 aromatic heterocycles. The lowest BCUT2D eigenvalue weighted by molar-refractivity contribution is 0.904. The highest BCUT2D eigenvalue weighted by Gasteiger charge is 2.13. The van der Waals surface area contributed by atoms with E-state index in [4.69, 9.17) is 4.98 Å². The fourth-order valence-corrected chi connectivity index (χ4v) is 2.60. The monoisotopic (exact) mass is 289 g/mol. The molecule has 108 valence electrons. The van der Waals surface area contributed by atoms with Crippen LogP contribution in [0, 0.1) is 0 Å². The van der Waals surface area contributed by atoms with Gasteiger partial charge in [-0.2, -0.15) is 0 Å². The van der Waals surface area contributed by atoms with Crippen LogP contribution in [0.15, 0.2) is 54.6 Å². The third kappa shape index (κ3) is 1.98. The van der Waals surface area contributed by atoms with E-state index in [-0.39, 0.29) is 0 Å². The molecule has 0 unspecified atom stereocenters. The minimum absolute atomic E-state index is 0.738. The van der Waals surface area contributed by atoms with Crippen molar-refractivity contribution in [3.8, 4) is 0 Å². The fourth-order valence-electron chi connectivity index (χ4n) is 2.60. The lowest BCUT2D eigenvalue weighted by Crippen LogP contribution is -2.05. The van der Waals surface area contributed by atoms with Gasteiger partial charge in [0.05, 0.1) is 5.52 Å². The van der Waals surface area contributed by atoms with Gasteiger partial charge in [-0.3, -0.25) is 0 Å². The molecule has 4 rings (SSSR count). The Balaban J connectivity index is 2.00. The Morgan fingerprint density at radius 3 is 2.55 bits per heavy atom. The van der Waals surface area contributed by atoms with Crippen LogP contribution in [0.2, 0.25) is 0 Å². The predicted octanol–water partition coefficient (Wildman–Crippen LogP) is 3.58. The third-order valence-corrected chi connectivity index (χ3v) is 3.66. The van der Waals surface area contributed by atoms with Crippen LogP contribution in [0.1, 0.15) is 12.7 Å². The van der Waals surface area contributed by atoms with Crippen molar-refractivity contribution in [3.05, 3.63) is 60.4 Å². The smallest absolute Gasteiger partial charge is 0.215 e. The standard InChI is InChI=1S/C17H15N5/c1-2-15-20-21-16-13-10-6-7-11-14(13)19-17(22(15)16)18-12-8-4-3-5-9-12/h3-11H,2H2,1H3,(H,18,19). The van der Waals surface area contributed by atoms with Crippen molar-refractivity contribution in [2.45, 2.75) is 13.3 Å². The van der Waals surface area contributed by atoms with Gasteiger partial charge in [0.25, 0.3) is 0 Å². The summed E-state index contributed by atoms with van der Waals surface area (Å²) in [6.45, 7) is 2.07. The summed E-state index contributed by atoms with van der Waals surface area (Å²) >= 11 is 0. The van der Waals surface area contributed by atoms with E-state index in [1.807, 2.05) is 59.0 Å². The molecule has 5 nitrogen and oxygen atoms in total. The molecule has 0 fully saturated rings. The molecule has 0 saturated heterocycles. The molecule has 2 aromatic carbocycles. The van der Waals surface area contributed by atoms with E-state index in [0.29, 0.717) is 0 Å². The summed E-state index contributed by atoms with van der Waals surface area (Å²) in [5.74, 6) is 1.63. The molecule has 0 aliphatic heterocycles. The number of nitrogens with zero attached hydrogens (tertiary/aromatic N) is 4. The number of aryl methyl sites for hydroxylation is 1. The van der Waals surface area contributed by atoms with Crippen molar-refractivity contribution < 1.29 is 0 Å². The highest BCUT2D eigenvalue weighted by molar-refractivity contribution is 5.92. The number of anilines is 2. The maximum Gasteiger partial charge on any atom is 0.215 e. The maximum atomic E-state index is 4.75. The molecular formula is C17H15N5. The van der Waals surface area contributed by atoms with E-state index in [2.05, 4.69) is 22.4 Å². The van der Waals surface area contributed by atoms with E-state index in [9.17, 15) is 0 Å². The number of hydrogen-bond donors (Lipinski definition) is 1. The Labute approximate surface area is 127 Å². The summed E-state index contributed by atoms with van der Waals surface area (Å²) in [6, 6.07) is 18.0. The average molecular weight is 289 g/mol. The first kappa shape index (κ1) is 12.8. The van der Waals surface area contributed by atoms with Gasteiger partial charge in [-0.1, -0.05) is 37.3 Å². The fraction of sp³-hybridized carbons (Fsp3) is 0.118. The number of nitrogens with one attached hydrogen (secondary N) is 1. The summed E-state index contributed by atoms with van der Waals surface area (Å²) in [5.41, 5.74) is 2.73. The number of aromatic nitrogens is 4. The highest BCUT2D eigenvalue weighted by Crippen LogP contribution is 2.24. The van der Waals surface area contributed by atoms with Gasteiger partial charge in [0.1, 0.15) is 5.82 Å².